The van der Waals surface area contributed by atoms with E-state index >= 15 is 0 Å². The van der Waals surface area contributed by atoms with Crippen LogP contribution < -0.4 is 10.2 Å². The van der Waals surface area contributed by atoms with E-state index in [1.54, 1.807) is 22.5 Å². The van der Waals surface area contributed by atoms with Gasteiger partial charge in [0, 0.05) is 37.3 Å². The smallest absolute Gasteiger partial charge is 0.274 e. The van der Waals surface area contributed by atoms with Crippen LogP contribution in [0.5, 0.6) is 5.75 Å². The number of hydroxylamine groups is 1. The molecule has 2 amide bonds. The van der Waals surface area contributed by atoms with Gasteiger partial charge < -0.3 is 14.2 Å². The second-order valence-corrected chi connectivity index (χ2v) is 10.6. The van der Waals surface area contributed by atoms with Gasteiger partial charge in [0.15, 0.2) is 0 Å². The fraction of sp³-hybridized carbons (Fsp3) is 0.353. The van der Waals surface area contributed by atoms with Crippen LogP contribution in [0.3, 0.4) is 0 Å². The normalized spacial score (nSPS) is 11.0. The minimum absolute atomic E-state index is 0.175. The van der Waals surface area contributed by atoms with Crippen LogP contribution in [0.4, 0.5) is 0 Å². The number of rotatable bonds is 16. The summed E-state index contributed by atoms with van der Waals surface area (Å²) < 4.78 is 8.03. The summed E-state index contributed by atoms with van der Waals surface area (Å²) in [5, 5.41) is 9.92. The van der Waals surface area contributed by atoms with Crippen molar-refractivity contribution in [1.82, 2.24) is 14.9 Å². The van der Waals surface area contributed by atoms with E-state index in [0.717, 1.165) is 41.5 Å². The van der Waals surface area contributed by atoms with E-state index in [1.165, 1.54) is 31.2 Å². The van der Waals surface area contributed by atoms with E-state index < -0.39 is 5.91 Å². The lowest BCUT2D eigenvalue weighted by molar-refractivity contribution is -0.130. The van der Waals surface area contributed by atoms with Crippen molar-refractivity contribution in [3.05, 3.63) is 102 Å². The van der Waals surface area contributed by atoms with Crippen LogP contribution in [0.25, 0.3) is 10.9 Å². The number of nitrogens with zero attached hydrogens (tertiary/aromatic N) is 2. The Bertz CT molecular complexity index is 1400. The Labute approximate surface area is 242 Å². The molecule has 216 valence electrons. The first-order chi connectivity index (χ1) is 20.0. The average molecular weight is 556 g/mol. The summed E-state index contributed by atoms with van der Waals surface area (Å²) in [6.45, 7) is 1.60. The van der Waals surface area contributed by atoms with Crippen LogP contribution in [0, 0.1) is 0 Å². The van der Waals surface area contributed by atoms with Crippen LogP contribution in [0.15, 0.2) is 85.1 Å². The zero-order valence-electron chi connectivity index (χ0n) is 23.9. The lowest BCUT2D eigenvalue weighted by Gasteiger charge is -2.18. The molecule has 0 aliphatic rings. The van der Waals surface area contributed by atoms with Crippen molar-refractivity contribution in [1.29, 1.82) is 0 Å². The summed E-state index contributed by atoms with van der Waals surface area (Å²) >= 11 is 0. The predicted molar refractivity (Wildman–Crippen MR) is 162 cm³/mol. The molecule has 0 atom stereocenters. The highest BCUT2D eigenvalue weighted by molar-refractivity contribution is 5.97. The third kappa shape index (κ3) is 9.22. The molecule has 7 nitrogen and oxygen atoms in total. The van der Waals surface area contributed by atoms with Crippen LogP contribution >= 0.6 is 0 Å². The highest BCUT2D eigenvalue weighted by Gasteiger charge is 2.11. The number of unbranched alkanes of at least 4 members (excludes halogenated alkanes) is 5. The van der Waals surface area contributed by atoms with E-state index in [-0.39, 0.29) is 5.91 Å². The Hall–Kier alpha value is -4.10. The van der Waals surface area contributed by atoms with Crippen molar-refractivity contribution in [3.63, 3.8) is 0 Å². The van der Waals surface area contributed by atoms with E-state index in [0.29, 0.717) is 31.7 Å². The molecule has 0 aliphatic heterocycles. The maximum absolute atomic E-state index is 12.7. The molecule has 0 bridgehead atoms. The van der Waals surface area contributed by atoms with E-state index in [2.05, 4.69) is 30.3 Å². The number of aromatic nitrogens is 1. The minimum atomic E-state index is -0.540. The molecule has 4 aromatic rings. The molecular weight excluding hydrogens is 514 g/mol. The van der Waals surface area contributed by atoms with Gasteiger partial charge in [-0.25, -0.2) is 5.48 Å². The summed E-state index contributed by atoms with van der Waals surface area (Å²) in [7, 11) is 1.86. The minimum Gasteiger partial charge on any atom is -0.492 e. The lowest BCUT2D eigenvalue weighted by Crippen LogP contribution is -2.25. The summed E-state index contributed by atoms with van der Waals surface area (Å²) in [4.78, 5) is 26.2. The zero-order valence-corrected chi connectivity index (χ0v) is 23.9. The summed E-state index contributed by atoms with van der Waals surface area (Å²) in [5.74, 6) is 0.392. The second kappa shape index (κ2) is 15.6. The van der Waals surface area contributed by atoms with Crippen molar-refractivity contribution in [2.24, 2.45) is 0 Å². The van der Waals surface area contributed by atoms with Crippen LogP contribution in [-0.2, 0) is 24.3 Å². The number of fused-ring (bicyclic) bond motifs is 1. The van der Waals surface area contributed by atoms with E-state index in [9.17, 15) is 9.59 Å². The molecule has 0 saturated heterocycles. The third-order valence-corrected chi connectivity index (χ3v) is 7.43. The Morgan fingerprint density at radius 2 is 1.61 bits per heavy atom. The maximum Gasteiger partial charge on any atom is 0.274 e. The monoisotopic (exact) mass is 555 g/mol. The second-order valence-electron chi connectivity index (χ2n) is 10.6. The van der Waals surface area contributed by atoms with E-state index in [4.69, 9.17) is 9.94 Å². The van der Waals surface area contributed by atoms with Gasteiger partial charge in [0.05, 0.1) is 6.54 Å². The number of carbonyl (C=O) groups is 2. The van der Waals surface area contributed by atoms with Crippen molar-refractivity contribution in [2.75, 3.05) is 13.7 Å². The highest BCUT2D eigenvalue weighted by Crippen LogP contribution is 2.19. The first-order valence-corrected chi connectivity index (χ1v) is 14.6. The Kier molecular flexibility index (Phi) is 11.4. The van der Waals surface area contributed by atoms with Crippen molar-refractivity contribution >= 4 is 22.7 Å². The number of nitrogens with one attached hydrogen (secondary N) is 1. The van der Waals surface area contributed by atoms with Crippen LogP contribution in [-0.4, -0.2) is 40.1 Å². The van der Waals surface area contributed by atoms with Gasteiger partial charge in [-0.2, -0.15) is 0 Å². The van der Waals surface area contributed by atoms with Crippen molar-refractivity contribution in [2.45, 2.75) is 64.5 Å². The first-order valence-electron chi connectivity index (χ1n) is 14.6. The molecule has 7 heteroatoms. The molecule has 0 radical (unpaired) electrons. The standard InChI is InChI=1S/C34H41N3O4/c1-36(33(38)17-10-5-3-2-4-7-12-27-13-8-6-9-14-27)26-28-15-11-16-31(24-28)41-23-22-37-21-20-29-18-19-30(25-32(29)37)34(39)35-40/h6,8-9,11,13-16,18-21,24-25,40H,2-5,7,10,12,17,22-23,26H2,1H3,(H,35,39). The Morgan fingerprint density at radius 3 is 2.41 bits per heavy atom. The SMILES string of the molecule is CN(Cc1cccc(OCCn2ccc3ccc(C(=O)NO)cc32)c1)C(=O)CCCCCCCCc1ccccc1. The van der Waals surface area contributed by atoms with E-state index in [1.807, 2.05) is 54.2 Å². The molecule has 0 fully saturated rings. The Balaban J connectivity index is 1.14. The number of benzene rings is 3. The molecule has 0 saturated carbocycles. The zero-order chi connectivity index (χ0) is 28.9. The third-order valence-electron chi connectivity index (χ3n) is 7.43. The molecule has 0 spiro atoms. The molecule has 2 N–H and O–H groups in total. The number of amides is 2. The number of aryl methyl sites for hydroxylation is 1. The quantitative estimate of drug-likeness (QED) is 0.0908. The number of ether oxygens (including phenoxy) is 1. The van der Waals surface area contributed by atoms with Crippen LogP contribution in [0.2, 0.25) is 0 Å². The maximum atomic E-state index is 12.7. The highest BCUT2D eigenvalue weighted by atomic mass is 16.5. The van der Waals surface area contributed by atoms with Gasteiger partial charge >= 0.3 is 0 Å². The van der Waals surface area contributed by atoms with Crippen molar-refractivity contribution in [3.8, 4) is 5.75 Å². The first kappa shape index (κ1) is 29.9. The number of carbonyl (C=O) groups excluding carboxylic acids is 2. The summed E-state index contributed by atoms with van der Waals surface area (Å²) in [5.41, 5.74) is 5.40. The fourth-order valence-electron chi connectivity index (χ4n) is 5.09. The van der Waals surface area contributed by atoms with Crippen LogP contribution in [0.1, 0.15) is 66.4 Å². The topological polar surface area (TPSA) is 83.8 Å². The fourth-order valence-corrected chi connectivity index (χ4v) is 5.09. The molecule has 4 rings (SSSR count). The largest absolute Gasteiger partial charge is 0.492 e. The molecule has 0 unspecified atom stereocenters. The number of hydrogen-bond acceptors (Lipinski definition) is 4. The lowest BCUT2D eigenvalue weighted by atomic mass is 10.0. The summed E-state index contributed by atoms with van der Waals surface area (Å²) in [6.07, 6.45) is 10.6. The molecule has 1 heterocycles. The van der Waals surface area contributed by atoms with Gasteiger partial charge in [-0.05, 0) is 66.1 Å². The molecule has 0 aliphatic carbocycles. The van der Waals surface area contributed by atoms with Gasteiger partial charge in [0.1, 0.15) is 12.4 Å². The predicted octanol–water partition coefficient (Wildman–Crippen LogP) is 6.77. The molecule has 1 aromatic heterocycles. The molecule has 41 heavy (non-hydrogen) atoms. The van der Waals surface area contributed by atoms with Gasteiger partial charge in [0.25, 0.3) is 5.91 Å². The molecule has 3 aromatic carbocycles. The Morgan fingerprint density at radius 1 is 0.854 bits per heavy atom. The van der Waals surface area contributed by atoms with Gasteiger partial charge in [-0.3, -0.25) is 14.8 Å². The summed E-state index contributed by atoms with van der Waals surface area (Å²) in [6, 6.07) is 25.8. The van der Waals surface area contributed by atoms with Gasteiger partial charge in [-0.1, -0.05) is 74.2 Å². The molecular formula is C34H41N3O4. The van der Waals surface area contributed by atoms with Gasteiger partial charge in [0.2, 0.25) is 5.91 Å². The number of hydrogen-bond donors (Lipinski definition) is 2. The van der Waals surface area contributed by atoms with Gasteiger partial charge in [-0.15, -0.1) is 0 Å². The van der Waals surface area contributed by atoms with Crippen molar-refractivity contribution < 1.29 is 19.5 Å². The average Bonchev–Trinajstić information content (AvgIpc) is 3.40.